The number of nitrogens with zero attached hydrogens (tertiary/aromatic N) is 3. The van der Waals surface area contributed by atoms with Gasteiger partial charge < -0.3 is 0 Å². The highest BCUT2D eigenvalue weighted by Gasteiger charge is 2.15. The van der Waals surface area contributed by atoms with Crippen molar-refractivity contribution in [1.29, 1.82) is 0 Å². The van der Waals surface area contributed by atoms with Gasteiger partial charge in [-0.05, 0) is 147 Å². The van der Waals surface area contributed by atoms with Crippen molar-refractivity contribution in [1.82, 2.24) is 4.98 Å². The van der Waals surface area contributed by atoms with Gasteiger partial charge in [-0.25, -0.2) is 4.99 Å². The third-order valence-electron chi connectivity index (χ3n) is 12.3. The number of aryl methyl sites for hydroxylation is 2. The molecule has 1 atom stereocenters. The molecule has 1 unspecified atom stereocenters. The molecule has 9 aromatic carbocycles. The molecule has 0 aliphatic rings. The van der Waals surface area contributed by atoms with Crippen LogP contribution in [0.2, 0.25) is 0 Å². The highest BCUT2D eigenvalue weighted by Crippen LogP contribution is 2.38. The Hall–Kier alpha value is -7.75. The number of aromatic nitrogens is 1. The fraction of sp³-hybridized carbons (Fsp3) is 0.0833. The van der Waals surface area contributed by atoms with E-state index in [4.69, 9.17) is 9.98 Å². The van der Waals surface area contributed by atoms with E-state index in [9.17, 15) is 0 Å². The maximum absolute atomic E-state index is 5.37. The number of hydrogen-bond acceptors (Lipinski definition) is 2. The molecule has 0 fully saturated rings. The van der Waals surface area contributed by atoms with E-state index in [1.54, 1.807) is 0 Å². The van der Waals surface area contributed by atoms with Crippen LogP contribution in [0.4, 0.5) is 0 Å². The van der Waals surface area contributed by atoms with Crippen molar-refractivity contribution in [3.63, 3.8) is 0 Å². The first-order valence-electron chi connectivity index (χ1n) is 21.7. The first kappa shape index (κ1) is 39.4. The summed E-state index contributed by atoms with van der Waals surface area (Å²) in [5, 5.41) is 6.18. The second-order valence-corrected chi connectivity index (χ2v) is 16.6. The van der Waals surface area contributed by atoms with Crippen molar-refractivity contribution in [2.24, 2.45) is 9.98 Å². The second-order valence-electron chi connectivity index (χ2n) is 16.6. The molecular formula is C60H47N3. The van der Waals surface area contributed by atoms with Crippen molar-refractivity contribution in [3.05, 3.63) is 234 Å². The Morgan fingerprint density at radius 3 is 1.81 bits per heavy atom. The van der Waals surface area contributed by atoms with Crippen molar-refractivity contribution in [3.8, 4) is 44.5 Å². The highest BCUT2D eigenvalue weighted by atomic mass is 14.9. The molecule has 0 N–H and O–H groups in total. The van der Waals surface area contributed by atoms with Gasteiger partial charge in [-0.2, -0.15) is 0 Å². The number of fused-ring (bicyclic) bond motifs is 4. The fourth-order valence-corrected chi connectivity index (χ4v) is 8.72. The van der Waals surface area contributed by atoms with Crippen molar-refractivity contribution >= 4 is 44.0 Å². The van der Waals surface area contributed by atoms with Gasteiger partial charge >= 0.3 is 0 Å². The first-order chi connectivity index (χ1) is 30.8. The zero-order valence-electron chi connectivity index (χ0n) is 36.0. The molecule has 0 aliphatic heterocycles. The fourth-order valence-electron chi connectivity index (χ4n) is 8.72. The van der Waals surface area contributed by atoms with Gasteiger partial charge in [0.05, 0.1) is 11.6 Å². The predicted octanol–water partition coefficient (Wildman–Crippen LogP) is 15.8. The number of benzene rings is 9. The summed E-state index contributed by atoms with van der Waals surface area (Å²) < 4.78 is 0. The molecule has 3 nitrogen and oxygen atoms in total. The number of aliphatic imine (C=N–C) groups is 2. The first-order valence-corrected chi connectivity index (χ1v) is 21.7. The molecule has 0 spiro atoms. The molecule has 0 saturated carbocycles. The molecule has 3 heteroatoms. The number of hydrogen-bond donors (Lipinski definition) is 0. The highest BCUT2D eigenvalue weighted by molar-refractivity contribution is 6.14. The summed E-state index contributed by atoms with van der Waals surface area (Å²) >= 11 is 0. The molecule has 0 amide bonds. The van der Waals surface area contributed by atoms with E-state index in [0.717, 1.165) is 66.7 Å². The van der Waals surface area contributed by atoms with Gasteiger partial charge in [0.15, 0.2) is 5.84 Å². The Morgan fingerprint density at radius 1 is 0.444 bits per heavy atom. The van der Waals surface area contributed by atoms with Crippen LogP contribution in [0.5, 0.6) is 0 Å². The SMILES string of the molecule is CC(=NC(=NC(C)c1ccc(C)cc1)c1ccc(C)cc1)c1cc(-c2ccc(-c3cc4ccccc4c4ccccc34)cc2)cc(-c2cccc(-c3ccnc4ccccc34)c2)c1. The zero-order chi connectivity index (χ0) is 42.9. The topological polar surface area (TPSA) is 37.6 Å². The van der Waals surface area contributed by atoms with Crippen LogP contribution in [0.15, 0.2) is 216 Å². The molecule has 0 radical (unpaired) electrons. The largest absolute Gasteiger partial charge is 0.258 e. The van der Waals surface area contributed by atoms with Crippen LogP contribution in [0, 0.1) is 13.8 Å². The Kier molecular flexibility index (Phi) is 10.6. The van der Waals surface area contributed by atoms with Gasteiger partial charge in [0.2, 0.25) is 0 Å². The second kappa shape index (κ2) is 17.0. The maximum atomic E-state index is 5.37. The average molecular weight is 810 g/mol. The van der Waals surface area contributed by atoms with E-state index in [-0.39, 0.29) is 6.04 Å². The Labute approximate surface area is 369 Å². The summed E-state index contributed by atoms with van der Waals surface area (Å²) in [6.07, 6.45) is 1.90. The minimum Gasteiger partial charge on any atom is -0.258 e. The minimum absolute atomic E-state index is 0.0782. The van der Waals surface area contributed by atoms with E-state index < -0.39 is 0 Å². The molecule has 0 saturated heterocycles. The van der Waals surface area contributed by atoms with Crippen molar-refractivity contribution < 1.29 is 0 Å². The van der Waals surface area contributed by atoms with Gasteiger partial charge in [0.25, 0.3) is 0 Å². The predicted molar refractivity (Wildman–Crippen MR) is 268 cm³/mol. The van der Waals surface area contributed by atoms with Gasteiger partial charge in [-0.1, -0.05) is 169 Å². The smallest absolute Gasteiger partial charge is 0.155 e. The summed E-state index contributed by atoms with van der Waals surface area (Å²) in [4.78, 5) is 15.3. The number of rotatable bonds is 8. The normalized spacial score (nSPS) is 12.6. The monoisotopic (exact) mass is 809 g/mol. The van der Waals surface area contributed by atoms with Crippen LogP contribution in [0.25, 0.3) is 77.0 Å². The van der Waals surface area contributed by atoms with Crippen molar-refractivity contribution in [2.75, 3.05) is 0 Å². The molecule has 0 aliphatic carbocycles. The lowest BCUT2D eigenvalue weighted by atomic mass is 9.91. The third kappa shape index (κ3) is 8.10. The lowest BCUT2D eigenvalue weighted by Crippen LogP contribution is -2.06. The number of pyridine rings is 1. The lowest BCUT2D eigenvalue weighted by molar-refractivity contribution is 0.818. The zero-order valence-corrected chi connectivity index (χ0v) is 36.0. The van der Waals surface area contributed by atoms with Gasteiger partial charge in [-0.3, -0.25) is 9.98 Å². The molecule has 302 valence electrons. The summed E-state index contributed by atoms with van der Waals surface area (Å²) in [7, 11) is 0. The molecule has 0 bridgehead atoms. The maximum Gasteiger partial charge on any atom is 0.155 e. The van der Waals surface area contributed by atoms with Crippen LogP contribution < -0.4 is 0 Å². The Bertz CT molecular complexity index is 3350. The summed E-state index contributed by atoms with van der Waals surface area (Å²) in [5.41, 5.74) is 16.7. The summed E-state index contributed by atoms with van der Waals surface area (Å²) in [5.74, 6) is 0.714. The Balaban J connectivity index is 1.10. The van der Waals surface area contributed by atoms with Crippen LogP contribution in [0.1, 0.15) is 47.7 Å². The van der Waals surface area contributed by atoms with E-state index in [1.807, 2.05) is 12.3 Å². The van der Waals surface area contributed by atoms with Crippen LogP contribution in [-0.4, -0.2) is 16.5 Å². The quantitative estimate of drug-likeness (QED) is 0.0856. The standard InChI is InChI=1S/C60H47N3/c1-39-20-24-43(25-21-39)41(3)62-60(46-26-22-40(2)23-27-46)63-42(4)50-35-51(37-52(36-50)47-13-11-14-48(34-47)54-32-33-61-59-19-10-9-18-57(54)59)44-28-30-45(31-29-44)58-38-49-12-5-6-15-53(49)55-16-7-8-17-56(55)58/h5-38,41H,1-4H3. The van der Waals surface area contributed by atoms with Gasteiger partial charge in [-0.15, -0.1) is 0 Å². The number of amidine groups is 1. The van der Waals surface area contributed by atoms with E-state index >= 15 is 0 Å². The molecule has 1 heterocycles. The minimum atomic E-state index is -0.0782. The van der Waals surface area contributed by atoms with E-state index in [1.165, 1.54) is 43.8 Å². The summed E-state index contributed by atoms with van der Waals surface area (Å²) in [6.45, 7) is 8.48. The average Bonchev–Trinajstić information content (AvgIpc) is 3.33. The van der Waals surface area contributed by atoms with E-state index in [2.05, 4.69) is 227 Å². The Morgan fingerprint density at radius 2 is 1.05 bits per heavy atom. The van der Waals surface area contributed by atoms with Crippen molar-refractivity contribution in [2.45, 2.75) is 33.7 Å². The molecule has 10 rings (SSSR count). The van der Waals surface area contributed by atoms with Crippen LogP contribution in [-0.2, 0) is 0 Å². The molecule has 1 aromatic heterocycles. The van der Waals surface area contributed by atoms with Crippen LogP contribution >= 0.6 is 0 Å². The van der Waals surface area contributed by atoms with Crippen LogP contribution in [0.3, 0.4) is 0 Å². The van der Waals surface area contributed by atoms with E-state index in [0.29, 0.717) is 5.84 Å². The van der Waals surface area contributed by atoms with Gasteiger partial charge in [0.1, 0.15) is 0 Å². The number of para-hydroxylation sites is 1. The summed E-state index contributed by atoms with van der Waals surface area (Å²) in [6, 6.07) is 72.1. The molecular weight excluding hydrogens is 763 g/mol. The van der Waals surface area contributed by atoms with Gasteiger partial charge in [0, 0.05) is 22.9 Å². The molecule has 10 aromatic rings. The lowest BCUT2D eigenvalue weighted by Gasteiger charge is -2.15. The third-order valence-corrected chi connectivity index (χ3v) is 12.3. The molecule has 63 heavy (non-hydrogen) atoms.